The Bertz CT molecular complexity index is 681. The standard InChI is InChI=1S/C15H19N3.C8H11Cl/c16-12-18-15(14-9-5-2-6-10-14)17-11-13-7-3-1-4-8-13;1-3-5-8(2)6-4-7-9/h1-10,15,17-18H,11-12,16H2;3-6H,1,7H2,2H3/b;6-4-,8-5-. The van der Waals surface area contributed by atoms with Crippen LogP contribution in [0.5, 0.6) is 0 Å². The van der Waals surface area contributed by atoms with Crippen LogP contribution in [0.1, 0.15) is 24.2 Å². The lowest BCUT2D eigenvalue weighted by molar-refractivity contribution is 0.444. The van der Waals surface area contributed by atoms with Gasteiger partial charge in [0.2, 0.25) is 0 Å². The lowest BCUT2D eigenvalue weighted by atomic mass is 10.1. The average molecular weight is 384 g/mol. The monoisotopic (exact) mass is 383 g/mol. The molecule has 27 heavy (non-hydrogen) atoms. The zero-order valence-electron chi connectivity index (χ0n) is 15.9. The van der Waals surface area contributed by atoms with Crippen molar-refractivity contribution in [3.63, 3.8) is 0 Å². The fraction of sp³-hybridized carbons (Fsp3) is 0.217. The third kappa shape index (κ3) is 10.5. The molecule has 0 aliphatic carbocycles. The topological polar surface area (TPSA) is 50.1 Å². The molecule has 0 bridgehead atoms. The van der Waals surface area contributed by atoms with Crippen molar-refractivity contribution < 1.29 is 0 Å². The third-order valence-corrected chi connectivity index (χ3v) is 3.84. The normalized spacial score (nSPS) is 12.3. The van der Waals surface area contributed by atoms with E-state index in [1.54, 1.807) is 6.08 Å². The first-order chi connectivity index (χ1) is 13.2. The highest BCUT2D eigenvalue weighted by Crippen LogP contribution is 2.10. The molecule has 144 valence electrons. The number of nitrogens with two attached hydrogens (primary N) is 1. The van der Waals surface area contributed by atoms with Crippen LogP contribution < -0.4 is 16.4 Å². The molecule has 0 radical (unpaired) electrons. The molecule has 0 aromatic heterocycles. The molecule has 0 heterocycles. The van der Waals surface area contributed by atoms with Crippen molar-refractivity contribution in [2.24, 2.45) is 5.73 Å². The molecule has 0 fully saturated rings. The Morgan fingerprint density at radius 2 is 1.70 bits per heavy atom. The first kappa shape index (κ1) is 22.9. The molecular weight excluding hydrogens is 354 g/mol. The van der Waals surface area contributed by atoms with Crippen LogP contribution in [0, 0.1) is 0 Å². The third-order valence-electron chi connectivity index (χ3n) is 3.66. The van der Waals surface area contributed by atoms with E-state index < -0.39 is 0 Å². The van der Waals surface area contributed by atoms with E-state index in [-0.39, 0.29) is 6.17 Å². The Morgan fingerprint density at radius 3 is 2.26 bits per heavy atom. The molecule has 0 spiro atoms. The summed E-state index contributed by atoms with van der Waals surface area (Å²) in [5.74, 6) is 0.572. The zero-order chi connectivity index (χ0) is 19.7. The SMILES string of the molecule is C=C/C=C(C)\C=C/CCl.NCNC(NCc1ccccc1)c1ccccc1. The van der Waals surface area contributed by atoms with Crippen molar-refractivity contribution >= 4 is 11.6 Å². The van der Waals surface area contributed by atoms with Gasteiger partial charge in [-0.2, -0.15) is 0 Å². The van der Waals surface area contributed by atoms with E-state index in [4.69, 9.17) is 17.3 Å². The van der Waals surface area contributed by atoms with Gasteiger partial charge in [0.15, 0.2) is 0 Å². The minimum atomic E-state index is 0.0800. The molecule has 2 rings (SSSR count). The Hall–Kier alpha value is -2.17. The summed E-state index contributed by atoms with van der Waals surface area (Å²) >= 11 is 5.41. The number of nitrogens with one attached hydrogen (secondary N) is 2. The van der Waals surface area contributed by atoms with E-state index in [9.17, 15) is 0 Å². The second-order valence-electron chi connectivity index (χ2n) is 5.82. The van der Waals surface area contributed by atoms with Crippen molar-refractivity contribution in [3.8, 4) is 0 Å². The summed E-state index contributed by atoms with van der Waals surface area (Å²) in [6, 6.07) is 20.6. The van der Waals surface area contributed by atoms with Gasteiger partial charge in [0, 0.05) is 19.1 Å². The second-order valence-corrected chi connectivity index (χ2v) is 6.13. The van der Waals surface area contributed by atoms with Gasteiger partial charge in [0.1, 0.15) is 0 Å². The van der Waals surface area contributed by atoms with Crippen LogP contribution in [-0.4, -0.2) is 12.5 Å². The molecule has 1 unspecified atom stereocenters. The van der Waals surface area contributed by atoms with E-state index in [1.807, 2.05) is 61.5 Å². The summed E-state index contributed by atoms with van der Waals surface area (Å²) in [5.41, 5.74) is 9.21. The molecule has 2 aromatic carbocycles. The Morgan fingerprint density at radius 1 is 1.07 bits per heavy atom. The van der Waals surface area contributed by atoms with Crippen molar-refractivity contribution in [3.05, 3.63) is 108 Å². The first-order valence-electron chi connectivity index (χ1n) is 8.98. The van der Waals surface area contributed by atoms with Crippen LogP contribution in [0.15, 0.2) is 97.1 Å². The van der Waals surface area contributed by atoms with E-state index in [1.165, 1.54) is 16.7 Å². The maximum atomic E-state index is 5.58. The van der Waals surface area contributed by atoms with E-state index in [0.717, 1.165) is 6.54 Å². The Balaban J connectivity index is 0.000000345. The Labute approximate surface area is 168 Å². The number of hydrogen-bond acceptors (Lipinski definition) is 3. The predicted octanol–water partition coefficient (Wildman–Crippen LogP) is 4.89. The quantitative estimate of drug-likeness (QED) is 0.328. The lowest BCUT2D eigenvalue weighted by Crippen LogP contribution is -2.37. The first-order valence-corrected chi connectivity index (χ1v) is 9.52. The number of allylic oxidation sites excluding steroid dienone is 5. The molecule has 0 saturated carbocycles. The number of benzene rings is 2. The summed E-state index contributed by atoms with van der Waals surface area (Å²) < 4.78 is 0. The van der Waals surface area contributed by atoms with Gasteiger partial charge in [-0.05, 0) is 18.1 Å². The summed E-state index contributed by atoms with van der Waals surface area (Å²) in [7, 11) is 0. The number of halogens is 1. The fourth-order valence-electron chi connectivity index (χ4n) is 2.36. The van der Waals surface area contributed by atoms with Gasteiger partial charge < -0.3 is 5.73 Å². The molecule has 0 amide bonds. The van der Waals surface area contributed by atoms with Gasteiger partial charge >= 0.3 is 0 Å². The molecule has 0 aliphatic heterocycles. The predicted molar refractivity (Wildman–Crippen MR) is 118 cm³/mol. The zero-order valence-corrected chi connectivity index (χ0v) is 16.7. The molecule has 1 atom stereocenters. The molecule has 0 saturated heterocycles. The van der Waals surface area contributed by atoms with Crippen LogP contribution in [-0.2, 0) is 6.54 Å². The van der Waals surface area contributed by atoms with E-state index >= 15 is 0 Å². The minimum Gasteiger partial charge on any atom is -0.318 e. The summed E-state index contributed by atoms with van der Waals surface area (Å²) in [6.07, 6.45) is 7.64. The van der Waals surface area contributed by atoms with E-state index in [0.29, 0.717) is 12.5 Å². The second kappa shape index (κ2) is 14.9. The van der Waals surface area contributed by atoms with Crippen LogP contribution in [0.2, 0.25) is 0 Å². The van der Waals surface area contributed by atoms with Gasteiger partial charge in [-0.15, -0.1) is 11.6 Å². The van der Waals surface area contributed by atoms with Crippen molar-refractivity contribution in [2.45, 2.75) is 19.6 Å². The van der Waals surface area contributed by atoms with Crippen molar-refractivity contribution in [1.29, 1.82) is 0 Å². The van der Waals surface area contributed by atoms with Crippen LogP contribution >= 0.6 is 11.6 Å². The summed E-state index contributed by atoms with van der Waals surface area (Å²) in [5, 5.41) is 6.70. The fourth-order valence-corrected chi connectivity index (χ4v) is 2.45. The van der Waals surface area contributed by atoms with Crippen LogP contribution in [0.4, 0.5) is 0 Å². The molecule has 4 N–H and O–H groups in total. The van der Waals surface area contributed by atoms with Gasteiger partial charge in [0.25, 0.3) is 0 Å². The molecular formula is C23H30ClN3. The minimum absolute atomic E-state index is 0.0800. The van der Waals surface area contributed by atoms with Gasteiger partial charge in [0.05, 0.1) is 6.17 Å². The van der Waals surface area contributed by atoms with Gasteiger partial charge in [-0.1, -0.05) is 97.1 Å². The number of alkyl halides is 1. The summed E-state index contributed by atoms with van der Waals surface area (Å²) in [6.45, 7) is 6.83. The number of hydrogen-bond donors (Lipinski definition) is 3. The molecule has 3 nitrogen and oxygen atoms in total. The maximum Gasteiger partial charge on any atom is 0.0847 e. The molecule has 2 aromatic rings. The van der Waals surface area contributed by atoms with Crippen molar-refractivity contribution in [1.82, 2.24) is 10.6 Å². The highest BCUT2D eigenvalue weighted by atomic mass is 35.5. The van der Waals surface area contributed by atoms with Gasteiger partial charge in [-0.25, -0.2) is 0 Å². The highest BCUT2D eigenvalue weighted by Gasteiger charge is 2.08. The number of rotatable bonds is 9. The largest absolute Gasteiger partial charge is 0.318 e. The molecule has 4 heteroatoms. The lowest BCUT2D eigenvalue weighted by Gasteiger charge is -2.20. The highest BCUT2D eigenvalue weighted by molar-refractivity contribution is 6.18. The molecule has 0 aliphatic rings. The maximum absolute atomic E-state index is 5.58. The average Bonchev–Trinajstić information content (AvgIpc) is 2.72. The van der Waals surface area contributed by atoms with E-state index in [2.05, 4.69) is 41.5 Å². The smallest absolute Gasteiger partial charge is 0.0847 e. The van der Waals surface area contributed by atoms with Gasteiger partial charge in [-0.3, -0.25) is 10.6 Å². The summed E-state index contributed by atoms with van der Waals surface area (Å²) in [4.78, 5) is 0. The van der Waals surface area contributed by atoms with Crippen molar-refractivity contribution in [2.75, 3.05) is 12.5 Å². The van der Waals surface area contributed by atoms with Crippen LogP contribution in [0.3, 0.4) is 0 Å². The van der Waals surface area contributed by atoms with Crippen LogP contribution in [0.25, 0.3) is 0 Å². The Kier molecular flexibility index (Phi) is 12.7.